The molecule has 2 aromatic rings. The fourth-order valence-electron chi connectivity index (χ4n) is 5.12. The number of nitrogens with zero attached hydrogens (tertiary/aromatic N) is 4. The van der Waals surface area contributed by atoms with Gasteiger partial charge in [-0.2, -0.15) is 0 Å². The van der Waals surface area contributed by atoms with Crippen molar-refractivity contribution in [3.63, 3.8) is 0 Å². The van der Waals surface area contributed by atoms with E-state index >= 15 is 0 Å². The number of nitrogens with one attached hydrogen (secondary N) is 1. The van der Waals surface area contributed by atoms with Gasteiger partial charge < -0.3 is 9.64 Å². The normalized spacial score (nSPS) is 25.2. The molecule has 0 radical (unpaired) electrons. The molecule has 2 fully saturated rings. The first-order chi connectivity index (χ1) is 14.5. The molecular formula is C22H31N5O3. The SMILES string of the molecule is CC(C)N1CCc2c(nc3cc([C@H]4CCCCN4C(=O)[C@@H]4CCCO4)[nH]n3c2=O)C1. The molecule has 0 unspecified atom stereocenters. The lowest BCUT2D eigenvalue weighted by atomic mass is 9.98. The van der Waals surface area contributed by atoms with E-state index in [2.05, 4.69) is 23.8 Å². The molecule has 2 atom stereocenters. The Balaban J connectivity index is 1.49. The number of piperidine rings is 1. The maximum atomic E-state index is 13.1. The topological polar surface area (TPSA) is 82.9 Å². The van der Waals surface area contributed by atoms with Crippen LogP contribution in [0.3, 0.4) is 0 Å². The lowest BCUT2D eigenvalue weighted by molar-refractivity contribution is -0.145. The van der Waals surface area contributed by atoms with Gasteiger partial charge in [-0.25, -0.2) is 9.50 Å². The molecule has 1 N–H and O–H groups in total. The highest BCUT2D eigenvalue weighted by Crippen LogP contribution is 2.32. The highest BCUT2D eigenvalue weighted by molar-refractivity contribution is 5.81. The molecule has 5 rings (SSSR count). The number of fused-ring (bicyclic) bond motifs is 2. The van der Waals surface area contributed by atoms with E-state index in [1.165, 1.54) is 0 Å². The van der Waals surface area contributed by atoms with Crippen LogP contribution in [0.4, 0.5) is 0 Å². The van der Waals surface area contributed by atoms with E-state index < -0.39 is 0 Å². The summed E-state index contributed by atoms with van der Waals surface area (Å²) in [6.45, 7) is 7.35. The zero-order valence-electron chi connectivity index (χ0n) is 17.9. The molecule has 8 heteroatoms. The molecule has 2 aromatic heterocycles. The van der Waals surface area contributed by atoms with E-state index in [1.807, 2.05) is 11.0 Å². The van der Waals surface area contributed by atoms with Gasteiger partial charge in [0.25, 0.3) is 11.5 Å². The Morgan fingerprint density at radius 2 is 2.10 bits per heavy atom. The van der Waals surface area contributed by atoms with Crippen molar-refractivity contribution in [3.8, 4) is 0 Å². The first-order valence-electron chi connectivity index (χ1n) is 11.3. The summed E-state index contributed by atoms with van der Waals surface area (Å²) in [7, 11) is 0. The summed E-state index contributed by atoms with van der Waals surface area (Å²) >= 11 is 0. The minimum atomic E-state index is -0.315. The fourth-order valence-corrected chi connectivity index (χ4v) is 5.12. The molecule has 0 bridgehead atoms. The van der Waals surface area contributed by atoms with Crippen molar-refractivity contribution in [1.82, 2.24) is 24.4 Å². The minimum Gasteiger partial charge on any atom is -0.368 e. The van der Waals surface area contributed by atoms with Crippen LogP contribution in [0.2, 0.25) is 0 Å². The van der Waals surface area contributed by atoms with E-state index in [1.54, 1.807) is 4.52 Å². The monoisotopic (exact) mass is 413 g/mol. The first-order valence-corrected chi connectivity index (χ1v) is 11.3. The maximum absolute atomic E-state index is 13.1. The quantitative estimate of drug-likeness (QED) is 0.832. The molecule has 162 valence electrons. The van der Waals surface area contributed by atoms with Crippen molar-refractivity contribution >= 4 is 11.6 Å². The Morgan fingerprint density at radius 3 is 2.87 bits per heavy atom. The smallest absolute Gasteiger partial charge is 0.276 e. The Morgan fingerprint density at radius 1 is 1.23 bits per heavy atom. The predicted molar refractivity (Wildman–Crippen MR) is 112 cm³/mol. The van der Waals surface area contributed by atoms with Gasteiger partial charge in [-0.15, -0.1) is 0 Å². The second-order valence-corrected chi connectivity index (χ2v) is 9.11. The standard InChI is InChI=1S/C22H31N5O3/c1-14(2)25-10-8-15-17(13-25)23-20-12-16(24-27(20)21(15)28)18-6-3-4-9-26(18)22(29)19-7-5-11-30-19/h12,14,18-19,24H,3-11,13H2,1-2H3/t18-,19+/m1/s1. The number of amides is 1. The average molecular weight is 414 g/mol. The van der Waals surface area contributed by atoms with Gasteiger partial charge in [0.1, 0.15) is 6.10 Å². The van der Waals surface area contributed by atoms with Gasteiger partial charge in [0.2, 0.25) is 0 Å². The first kappa shape index (κ1) is 19.8. The van der Waals surface area contributed by atoms with Crippen molar-refractivity contribution in [2.45, 2.75) is 77.1 Å². The number of ether oxygens (including phenoxy) is 1. The Kier molecular flexibility index (Phi) is 5.14. The van der Waals surface area contributed by atoms with Crippen LogP contribution in [0.5, 0.6) is 0 Å². The average Bonchev–Trinajstić information content (AvgIpc) is 3.43. The minimum absolute atomic E-state index is 0.00234. The molecule has 30 heavy (non-hydrogen) atoms. The third-order valence-corrected chi connectivity index (χ3v) is 6.90. The highest BCUT2D eigenvalue weighted by atomic mass is 16.5. The number of carbonyl (C=O) groups is 1. The molecule has 3 aliphatic rings. The van der Waals surface area contributed by atoms with Crippen molar-refractivity contribution in [3.05, 3.63) is 33.4 Å². The van der Waals surface area contributed by atoms with E-state index in [0.29, 0.717) is 24.8 Å². The molecule has 2 saturated heterocycles. The zero-order chi connectivity index (χ0) is 20.8. The second kappa shape index (κ2) is 7.81. The van der Waals surface area contributed by atoms with Gasteiger partial charge in [-0.3, -0.25) is 19.6 Å². The maximum Gasteiger partial charge on any atom is 0.276 e. The summed E-state index contributed by atoms with van der Waals surface area (Å²) in [5.41, 5.74) is 3.25. The number of carbonyl (C=O) groups excluding carboxylic acids is 1. The van der Waals surface area contributed by atoms with Gasteiger partial charge in [-0.05, 0) is 52.4 Å². The number of likely N-dealkylation sites (tertiary alicyclic amines) is 1. The molecule has 0 spiro atoms. The van der Waals surface area contributed by atoms with Crippen LogP contribution < -0.4 is 5.56 Å². The van der Waals surface area contributed by atoms with Crippen LogP contribution in [-0.4, -0.2) is 62.1 Å². The van der Waals surface area contributed by atoms with Crippen LogP contribution in [0.15, 0.2) is 10.9 Å². The van der Waals surface area contributed by atoms with Crippen LogP contribution >= 0.6 is 0 Å². The number of aromatic amines is 1. The van der Waals surface area contributed by atoms with E-state index in [4.69, 9.17) is 9.72 Å². The summed E-state index contributed by atoms with van der Waals surface area (Å²) < 4.78 is 7.23. The highest BCUT2D eigenvalue weighted by Gasteiger charge is 2.35. The molecule has 5 heterocycles. The van der Waals surface area contributed by atoms with Crippen molar-refractivity contribution in [2.75, 3.05) is 19.7 Å². The van der Waals surface area contributed by atoms with Crippen LogP contribution in [0, 0.1) is 0 Å². The molecule has 1 amide bonds. The van der Waals surface area contributed by atoms with Crippen LogP contribution in [0.1, 0.15) is 68.9 Å². The third kappa shape index (κ3) is 3.36. The van der Waals surface area contributed by atoms with E-state index in [-0.39, 0.29) is 23.6 Å². The number of H-pyrrole nitrogens is 1. The van der Waals surface area contributed by atoms with Gasteiger partial charge in [0.15, 0.2) is 5.65 Å². The van der Waals surface area contributed by atoms with Gasteiger partial charge in [0.05, 0.1) is 17.4 Å². The number of rotatable bonds is 3. The molecule has 8 nitrogen and oxygen atoms in total. The molecule has 0 aliphatic carbocycles. The van der Waals surface area contributed by atoms with E-state index in [0.717, 1.165) is 68.6 Å². The van der Waals surface area contributed by atoms with Crippen molar-refractivity contribution in [2.24, 2.45) is 0 Å². The Hall–Kier alpha value is -2.19. The summed E-state index contributed by atoms with van der Waals surface area (Å²) in [6, 6.07) is 2.34. The molecule has 3 aliphatic heterocycles. The van der Waals surface area contributed by atoms with Gasteiger partial charge in [0, 0.05) is 43.9 Å². The van der Waals surface area contributed by atoms with Crippen molar-refractivity contribution < 1.29 is 9.53 Å². The number of hydrogen-bond acceptors (Lipinski definition) is 5. The Bertz CT molecular complexity index is 1000. The zero-order valence-corrected chi connectivity index (χ0v) is 17.9. The predicted octanol–water partition coefficient (Wildman–Crippen LogP) is 2.02. The largest absolute Gasteiger partial charge is 0.368 e. The number of hydrogen-bond donors (Lipinski definition) is 1. The molecular weight excluding hydrogens is 382 g/mol. The second-order valence-electron chi connectivity index (χ2n) is 9.11. The number of aromatic nitrogens is 3. The van der Waals surface area contributed by atoms with Crippen LogP contribution in [0.25, 0.3) is 5.65 Å². The lowest BCUT2D eigenvalue weighted by Crippen LogP contribution is -2.44. The lowest BCUT2D eigenvalue weighted by Gasteiger charge is -2.36. The molecule has 0 saturated carbocycles. The molecule has 0 aromatic carbocycles. The third-order valence-electron chi connectivity index (χ3n) is 6.90. The Labute approximate surface area is 176 Å². The summed E-state index contributed by atoms with van der Waals surface area (Å²) in [6.07, 6.45) is 5.12. The van der Waals surface area contributed by atoms with Crippen molar-refractivity contribution in [1.29, 1.82) is 0 Å². The fraction of sp³-hybridized carbons (Fsp3) is 0.682. The van der Waals surface area contributed by atoms with Gasteiger partial charge >= 0.3 is 0 Å². The summed E-state index contributed by atoms with van der Waals surface area (Å²) in [5, 5.41) is 3.29. The summed E-state index contributed by atoms with van der Waals surface area (Å²) in [4.78, 5) is 35.4. The summed E-state index contributed by atoms with van der Waals surface area (Å²) in [5.74, 6) is 0.0861. The van der Waals surface area contributed by atoms with Crippen LogP contribution in [-0.2, 0) is 22.5 Å². The van der Waals surface area contributed by atoms with E-state index in [9.17, 15) is 9.59 Å². The van der Waals surface area contributed by atoms with Gasteiger partial charge in [-0.1, -0.05) is 0 Å².